The van der Waals surface area contributed by atoms with Gasteiger partial charge >= 0.3 is 0 Å². The largest absolute Gasteiger partial charge is 0.376 e. The molecule has 1 aliphatic heterocycles. The maximum Gasteiger partial charge on any atom is 0.223 e. The lowest BCUT2D eigenvalue weighted by Crippen LogP contribution is -2.36. The minimum Gasteiger partial charge on any atom is -0.376 e. The zero-order valence-corrected chi connectivity index (χ0v) is 14.5. The molecule has 0 saturated heterocycles. The maximum absolute atomic E-state index is 12.5. The van der Waals surface area contributed by atoms with Crippen LogP contribution in [0.2, 0.25) is 0 Å². The summed E-state index contributed by atoms with van der Waals surface area (Å²) in [5.74, 6) is 0.996. The average Bonchev–Trinajstić information content (AvgIpc) is 3.31. The molecule has 5 nitrogen and oxygen atoms in total. The van der Waals surface area contributed by atoms with Gasteiger partial charge in [0.1, 0.15) is 0 Å². The third kappa shape index (κ3) is 4.10. The smallest absolute Gasteiger partial charge is 0.223 e. The van der Waals surface area contributed by atoms with Gasteiger partial charge in [-0.3, -0.25) is 9.78 Å². The molecule has 132 valence electrons. The van der Waals surface area contributed by atoms with Crippen molar-refractivity contribution in [1.29, 1.82) is 0 Å². The number of amides is 1. The SMILES string of the molecule is O=C(CCc1ccc[nH]1)N1CCc2c(COCC3CC3)cncc2C1. The van der Waals surface area contributed by atoms with Crippen LogP contribution >= 0.6 is 0 Å². The van der Waals surface area contributed by atoms with E-state index < -0.39 is 0 Å². The van der Waals surface area contributed by atoms with Crippen LogP contribution in [0.5, 0.6) is 0 Å². The van der Waals surface area contributed by atoms with Crippen LogP contribution < -0.4 is 0 Å². The molecule has 5 heteroatoms. The first-order valence-corrected chi connectivity index (χ1v) is 9.22. The van der Waals surface area contributed by atoms with E-state index in [0.717, 1.165) is 37.6 Å². The van der Waals surface area contributed by atoms with Gasteiger partial charge in [0.2, 0.25) is 5.91 Å². The number of pyridine rings is 1. The molecule has 0 aromatic carbocycles. The molecule has 0 atom stereocenters. The van der Waals surface area contributed by atoms with Crippen molar-refractivity contribution in [1.82, 2.24) is 14.9 Å². The summed E-state index contributed by atoms with van der Waals surface area (Å²) in [6, 6.07) is 3.99. The molecular formula is C20H25N3O2. The van der Waals surface area contributed by atoms with Crippen LogP contribution in [0.25, 0.3) is 0 Å². The average molecular weight is 339 g/mol. The van der Waals surface area contributed by atoms with Crippen molar-refractivity contribution in [2.24, 2.45) is 5.92 Å². The molecule has 0 radical (unpaired) electrons. The number of nitrogens with one attached hydrogen (secondary N) is 1. The van der Waals surface area contributed by atoms with E-state index in [4.69, 9.17) is 4.74 Å². The fourth-order valence-corrected chi connectivity index (χ4v) is 3.45. The van der Waals surface area contributed by atoms with Crippen LogP contribution in [-0.2, 0) is 35.5 Å². The van der Waals surface area contributed by atoms with E-state index in [-0.39, 0.29) is 5.91 Å². The van der Waals surface area contributed by atoms with Crippen molar-refractivity contribution in [3.8, 4) is 0 Å². The number of aromatic amines is 1. The Kier molecular flexibility index (Phi) is 4.83. The first-order valence-electron chi connectivity index (χ1n) is 9.22. The van der Waals surface area contributed by atoms with Gasteiger partial charge in [0, 0.05) is 50.4 Å². The quantitative estimate of drug-likeness (QED) is 0.844. The number of H-pyrrole nitrogens is 1. The number of carbonyl (C=O) groups excluding carboxylic acids is 1. The van der Waals surface area contributed by atoms with Gasteiger partial charge in [0.05, 0.1) is 6.61 Å². The summed E-state index contributed by atoms with van der Waals surface area (Å²) in [7, 11) is 0. The molecule has 3 heterocycles. The number of hydrogen-bond donors (Lipinski definition) is 1. The Morgan fingerprint density at radius 3 is 3.08 bits per heavy atom. The Hall–Kier alpha value is -2.14. The zero-order chi connectivity index (χ0) is 17.1. The van der Waals surface area contributed by atoms with E-state index in [0.29, 0.717) is 19.6 Å². The van der Waals surface area contributed by atoms with Crippen LogP contribution in [0.15, 0.2) is 30.7 Å². The molecule has 25 heavy (non-hydrogen) atoms. The van der Waals surface area contributed by atoms with Crippen molar-refractivity contribution in [3.63, 3.8) is 0 Å². The molecule has 4 rings (SSSR count). The van der Waals surface area contributed by atoms with Gasteiger partial charge in [-0.05, 0) is 60.4 Å². The summed E-state index contributed by atoms with van der Waals surface area (Å²) in [4.78, 5) is 22.0. The van der Waals surface area contributed by atoms with Crippen LogP contribution in [-0.4, -0.2) is 33.9 Å². The highest BCUT2D eigenvalue weighted by Gasteiger charge is 2.24. The molecule has 1 fully saturated rings. The minimum atomic E-state index is 0.218. The Bertz CT molecular complexity index is 723. The number of ether oxygens (including phenoxy) is 1. The molecule has 0 unspecified atom stereocenters. The van der Waals surface area contributed by atoms with Crippen LogP contribution in [0.1, 0.15) is 41.6 Å². The summed E-state index contributed by atoms with van der Waals surface area (Å²) in [5.41, 5.74) is 4.81. The number of carbonyl (C=O) groups is 1. The van der Waals surface area contributed by atoms with E-state index >= 15 is 0 Å². The van der Waals surface area contributed by atoms with E-state index in [1.54, 1.807) is 0 Å². The van der Waals surface area contributed by atoms with Crippen molar-refractivity contribution >= 4 is 5.91 Å². The number of nitrogens with zero attached hydrogens (tertiary/aromatic N) is 2. The number of hydrogen-bond acceptors (Lipinski definition) is 3. The Morgan fingerprint density at radius 1 is 1.36 bits per heavy atom. The van der Waals surface area contributed by atoms with Gasteiger partial charge in [-0.1, -0.05) is 0 Å². The highest BCUT2D eigenvalue weighted by molar-refractivity contribution is 5.76. The van der Waals surface area contributed by atoms with Gasteiger partial charge in [0.25, 0.3) is 0 Å². The summed E-state index contributed by atoms with van der Waals surface area (Å²) in [6.45, 7) is 2.97. The summed E-state index contributed by atoms with van der Waals surface area (Å²) in [6.07, 6.45) is 10.6. The monoisotopic (exact) mass is 339 g/mol. The third-order valence-corrected chi connectivity index (χ3v) is 5.16. The van der Waals surface area contributed by atoms with Crippen molar-refractivity contribution in [3.05, 3.63) is 53.1 Å². The topological polar surface area (TPSA) is 58.2 Å². The van der Waals surface area contributed by atoms with Crippen LogP contribution in [0, 0.1) is 5.92 Å². The molecule has 1 aliphatic carbocycles. The lowest BCUT2D eigenvalue weighted by molar-refractivity contribution is -0.132. The molecule has 2 aliphatic rings. The number of aromatic nitrogens is 2. The summed E-state index contributed by atoms with van der Waals surface area (Å²) in [5, 5.41) is 0. The predicted molar refractivity (Wildman–Crippen MR) is 94.9 cm³/mol. The number of fused-ring (bicyclic) bond motifs is 1. The first kappa shape index (κ1) is 16.3. The molecular weight excluding hydrogens is 314 g/mol. The van der Waals surface area contributed by atoms with E-state index in [1.807, 2.05) is 35.6 Å². The van der Waals surface area contributed by atoms with Crippen molar-refractivity contribution in [2.45, 2.75) is 45.3 Å². The Morgan fingerprint density at radius 2 is 2.28 bits per heavy atom. The standard InChI is InChI=1S/C20H25N3O2/c24-20(6-5-18-2-1-8-22-18)23-9-7-19-16(12-23)10-21-11-17(19)14-25-13-15-3-4-15/h1-2,8,10-11,15,22H,3-7,9,12-14H2. The van der Waals surface area contributed by atoms with Crippen LogP contribution in [0.4, 0.5) is 0 Å². The van der Waals surface area contributed by atoms with E-state index in [9.17, 15) is 4.79 Å². The predicted octanol–water partition coefficient (Wildman–Crippen LogP) is 2.85. The number of rotatable bonds is 7. The molecule has 2 aromatic rings. The van der Waals surface area contributed by atoms with Crippen molar-refractivity contribution in [2.75, 3.05) is 13.2 Å². The highest BCUT2D eigenvalue weighted by Crippen LogP contribution is 2.29. The Balaban J connectivity index is 1.34. The molecule has 0 spiro atoms. The Labute approximate surface area is 148 Å². The van der Waals surface area contributed by atoms with Gasteiger partial charge in [-0.25, -0.2) is 0 Å². The second-order valence-corrected chi connectivity index (χ2v) is 7.16. The van der Waals surface area contributed by atoms with Gasteiger partial charge in [0.15, 0.2) is 0 Å². The zero-order valence-electron chi connectivity index (χ0n) is 14.5. The first-order chi connectivity index (χ1) is 12.3. The summed E-state index contributed by atoms with van der Waals surface area (Å²) < 4.78 is 5.84. The lowest BCUT2D eigenvalue weighted by Gasteiger charge is -2.30. The minimum absolute atomic E-state index is 0.218. The second kappa shape index (κ2) is 7.40. The molecule has 1 N–H and O–H groups in total. The molecule has 2 aromatic heterocycles. The van der Waals surface area contributed by atoms with Gasteiger partial charge in [-0.15, -0.1) is 0 Å². The second-order valence-electron chi connectivity index (χ2n) is 7.16. The molecule has 1 amide bonds. The lowest BCUT2D eigenvalue weighted by atomic mass is 9.97. The van der Waals surface area contributed by atoms with Gasteiger partial charge in [-0.2, -0.15) is 0 Å². The third-order valence-electron chi connectivity index (χ3n) is 5.16. The normalized spacial score (nSPS) is 16.7. The van der Waals surface area contributed by atoms with Crippen molar-refractivity contribution < 1.29 is 9.53 Å². The molecule has 1 saturated carbocycles. The fraction of sp³-hybridized carbons (Fsp3) is 0.500. The maximum atomic E-state index is 12.5. The van der Waals surface area contributed by atoms with E-state index in [1.165, 1.54) is 29.5 Å². The van der Waals surface area contributed by atoms with Crippen LogP contribution in [0.3, 0.4) is 0 Å². The highest BCUT2D eigenvalue weighted by atomic mass is 16.5. The van der Waals surface area contributed by atoms with E-state index in [2.05, 4.69) is 9.97 Å². The summed E-state index contributed by atoms with van der Waals surface area (Å²) >= 11 is 0. The molecule has 0 bridgehead atoms. The fourth-order valence-electron chi connectivity index (χ4n) is 3.45. The van der Waals surface area contributed by atoms with Gasteiger partial charge < -0.3 is 14.6 Å². The number of aryl methyl sites for hydroxylation is 1.